The Bertz CT molecular complexity index is 1110. The highest BCUT2D eigenvalue weighted by Gasteiger charge is 2.28. The summed E-state index contributed by atoms with van der Waals surface area (Å²) in [5.41, 5.74) is 1.61. The third kappa shape index (κ3) is 5.25. The van der Waals surface area contributed by atoms with E-state index in [1.54, 1.807) is 18.2 Å². The largest absolute Gasteiger partial charge is 0.496 e. The molecule has 0 saturated carbocycles. The first-order valence-corrected chi connectivity index (χ1v) is 12.7. The summed E-state index contributed by atoms with van der Waals surface area (Å²) in [6.07, 6.45) is 2.33. The van der Waals surface area contributed by atoms with E-state index >= 15 is 0 Å². The summed E-state index contributed by atoms with van der Waals surface area (Å²) in [7, 11) is -1.99. The fourth-order valence-corrected chi connectivity index (χ4v) is 5.73. The van der Waals surface area contributed by atoms with Crippen molar-refractivity contribution in [1.82, 2.24) is 9.62 Å². The number of hydrogen-bond acceptors (Lipinski definition) is 6. The van der Waals surface area contributed by atoms with Crippen molar-refractivity contribution in [2.45, 2.75) is 43.5 Å². The maximum absolute atomic E-state index is 12.9. The van der Waals surface area contributed by atoms with Gasteiger partial charge in [-0.15, -0.1) is 0 Å². The molecule has 0 aliphatic carbocycles. The molecule has 2 heterocycles. The van der Waals surface area contributed by atoms with Crippen LogP contribution in [-0.2, 0) is 21.2 Å². The van der Waals surface area contributed by atoms with E-state index in [2.05, 4.69) is 5.32 Å². The molecule has 2 aliphatic rings. The minimum absolute atomic E-state index is 0.132. The molecule has 1 amide bonds. The van der Waals surface area contributed by atoms with Crippen molar-refractivity contribution in [3.05, 3.63) is 47.5 Å². The number of amides is 1. The van der Waals surface area contributed by atoms with Crippen LogP contribution < -0.4 is 19.5 Å². The summed E-state index contributed by atoms with van der Waals surface area (Å²) in [5.74, 6) is 1.83. The Morgan fingerprint density at radius 1 is 1.09 bits per heavy atom. The lowest BCUT2D eigenvalue weighted by Gasteiger charge is -2.21. The van der Waals surface area contributed by atoms with Gasteiger partial charge in [0.1, 0.15) is 19.0 Å². The number of fused-ring (bicyclic) bond motifs is 1. The number of rotatable bonds is 8. The Labute approximate surface area is 194 Å². The van der Waals surface area contributed by atoms with Crippen LogP contribution >= 0.6 is 0 Å². The molecule has 1 fully saturated rings. The zero-order valence-electron chi connectivity index (χ0n) is 19.0. The van der Waals surface area contributed by atoms with Gasteiger partial charge in [0.15, 0.2) is 11.5 Å². The van der Waals surface area contributed by atoms with Gasteiger partial charge in [-0.1, -0.05) is 6.07 Å². The second kappa shape index (κ2) is 10.0. The number of hydrogen-bond donors (Lipinski definition) is 1. The molecule has 9 heteroatoms. The van der Waals surface area contributed by atoms with E-state index in [1.165, 1.54) is 11.4 Å². The number of nitrogens with one attached hydrogen (secondary N) is 1. The summed E-state index contributed by atoms with van der Waals surface area (Å²) in [4.78, 5) is 12.9. The number of benzene rings is 2. The summed E-state index contributed by atoms with van der Waals surface area (Å²) in [6, 6.07) is 10.3. The number of ether oxygens (including phenoxy) is 3. The molecule has 0 spiro atoms. The number of carbonyl (C=O) groups excluding carboxylic acids is 1. The van der Waals surface area contributed by atoms with Crippen molar-refractivity contribution in [3.8, 4) is 17.2 Å². The molecule has 0 radical (unpaired) electrons. The summed E-state index contributed by atoms with van der Waals surface area (Å²) < 4.78 is 43.9. The second-order valence-electron chi connectivity index (χ2n) is 8.28. The zero-order chi connectivity index (χ0) is 23.4. The molecule has 0 bridgehead atoms. The fraction of sp³-hybridized carbons (Fsp3) is 0.458. The lowest BCUT2D eigenvalue weighted by Crippen LogP contribution is -2.28. The van der Waals surface area contributed by atoms with Crippen molar-refractivity contribution in [3.63, 3.8) is 0 Å². The van der Waals surface area contributed by atoms with Crippen LogP contribution in [0.5, 0.6) is 17.2 Å². The van der Waals surface area contributed by atoms with Gasteiger partial charge in [-0.3, -0.25) is 4.79 Å². The van der Waals surface area contributed by atoms with Gasteiger partial charge in [-0.25, -0.2) is 8.42 Å². The van der Waals surface area contributed by atoms with Crippen LogP contribution in [-0.4, -0.2) is 52.0 Å². The first-order valence-electron chi connectivity index (χ1n) is 11.2. The quantitative estimate of drug-likeness (QED) is 0.632. The van der Waals surface area contributed by atoms with Gasteiger partial charge >= 0.3 is 0 Å². The van der Waals surface area contributed by atoms with Crippen LogP contribution in [0.2, 0.25) is 0 Å². The minimum atomic E-state index is -3.53. The Morgan fingerprint density at radius 3 is 2.55 bits per heavy atom. The number of nitrogens with zero attached hydrogens (tertiary/aromatic N) is 1. The van der Waals surface area contributed by atoms with Crippen molar-refractivity contribution < 1.29 is 27.4 Å². The lowest BCUT2D eigenvalue weighted by molar-refractivity contribution is -0.121. The normalized spacial score (nSPS) is 16.9. The Kier molecular flexibility index (Phi) is 7.09. The van der Waals surface area contributed by atoms with E-state index in [1.807, 2.05) is 25.1 Å². The van der Waals surface area contributed by atoms with E-state index in [0.29, 0.717) is 55.5 Å². The van der Waals surface area contributed by atoms with Crippen LogP contribution in [0.15, 0.2) is 41.3 Å². The smallest absolute Gasteiger partial charge is 0.243 e. The summed E-state index contributed by atoms with van der Waals surface area (Å²) in [5, 5.41) is 3.00. The highest BCUT2D eigenvalue weighted by Crippen LogP contribution is 2.33. The Balaban J connectivity index is 1.41. The maximum atomic E-state index is 12.9. The van der Waals surface area contributed by atoms with Gasteiger partial charge in [0.05, 0.1) is 18.0 Å². The van der Waals surface area contributed by atoms with Crippen LogP contribution in [0.25, 0.3) is 0 Å². The summed E-state index contributed by atoms with van der Waals surface area (Å²) >= 11 is 0. The van der Waals surface area contributed by atoms with Gasteiger partial charge in [-0.2, -0.15) is 4.31 Å². The predicted octanol–water partition coefficient (Wildman–Crippen LogP) is 3.06. The molecule has 2 aromatic carbocycles. The van der Waals surface area contributed by atoms with E-state index in [9.17, 15) is 13.2 Å². The highest BCUT2D eigenvalue weighted by molar-refractivity contribution is 7.89. The van der Waals surface area contributed by atoms with E-state index in [4.69, 9.17) is 14.2 Å². The number of carbonyl (C=O) groups is 1. The second-order valence-corrected chi connectivity index (χ2v) is 10.2. The van der Waals surface area contributed by atoms with Gasteiger partial charge < -0.3 is 19.5 Å². The topological polar surface area (TPSA) is 94.2 Å². The van der Waals surface area contributed by atoms with Gasteiger partial charge in [0.2, 0.25) is 15.9 Å². The standard InChI is InChI=1S/C24H30N2O6S/c1-17(18-5-8-22-23(16-18)32-14-13-31-22)25-24(27)10-6-19-15-20(7-9-21(19)30-2)33(28,29)26-11-3-4-12-26/h5,7-9,15-17H,3-4,6,10-14H2,1-2H3,(H,25,27)/t17-/m1/s1. The van der Waals surface area contributed by atoms with E-state index in [-0.39, 0.29) is 23.3 Å². The lowest BCUT2D eigenvalue weighted by atomic mass is 10.1. The average Bonchev–Trinajstić information content (AvgIpc) is 3.38. The molecule has 1 N–H and O–H groups in total. The zero-order valence-corrected chi connectivity index (χ0v) is 19.8. The molecule has 2 aromatic rings. The molecule has 0 aromatic heterocycles. The van der Waals surface area contributed by atoms with Crippen molar-refractivity contribution in [2.24, 2.45) is 0 Å². The summed E-state index contributed by atoms with van der Waals surface area (Å²) in [6.45, 7) is 4.04. The average molecular weight is 475 g/mol. The third-order valence-electron chi connectivity index (χ3n) is 6.02. The monoisotopic (exact) mass is 474 g/mol. The number of sulfonamides is 1. The van der Waals surface area contributed by atoms with E-state index < -0.39 is 10.0 Å². The molecule has 4 rings (SSSR count). The van der Waals surface area contributed by atoms with Gasteiger partial charge in [0.25, 0.3) is 0 Å². The molecule has 0 unspecified atom stereocenters. The maximum Gasteiger partial charge on any atom is 0.243 e. The predicted molar refractivity (Wildman–Crippen MR) is 123 cm³/mol. The van der Waals surface area contributed by atoms with E-state index in [0.717, 1.165) is 18.4 Å². The van der Waals surface area contributed by atoms with Crippen LogP contribution in [0, 0.1) is 0 Å². The van der Waals surface area contributed by atoms with Gasteiger partial charge in [0, 0.05) is 19.5 Å². The Hall–Kier alpha value is -2.78. The molecule has 1 saturated heterocycles. The van der Waals surface area contributed by atoms with Crippen molar-refractivity contribution in [1.29, 1.82) is 0 Å². The SMILES string of the molecule is COc1ccc(S(=O)(=O)N2CCCC2)cc1CCC(=O)N[C@H](C)c1ccc2c(c1)OCCO2. The molecular formula is C24H30N2O6S. The first-order chi connectivity index (χ1) is 15.9. The third-order valence-corrected chi connectivity index (χ3v) is 7.91. The molecule has 33 heavy (non-hydrogen) atoms. The highest BCUT2D eigenvalue weighted by atomic mass is 32.2. The number of aryl methyl sites for hydroxylation is 1. The van der Waals surface area contributed by atoms with Crippen LogP contribution in [0.1, 0.15) is 43.4 Å². The minimum Gasteiger partial charge on any atom is -0.496 e. The first kappa shape index (κ1) is 23.4. The Morgan fingerprint density at radius 2 is 1.82 bits per heavy atom. The van der Waals surface area contributed by atoms with Crippen LogP contribution in [0.4, 0.5) is 0 Å². The number of methoxy groups -OCH3 is 1. The van der Waals surface area contributed by atoms with Crippen LogP contribution in [0.3, 0.4) is 0 Å². The molecular weight excluding hydrogens is 444 g/mol. The van der Waals surface area contributed by atoms with Gasteiger partial charge in [-0.05, 0) is 67.6 Å². The molecule has 8 nitrogen and oxygen atoms in total. The molecule has 1 atom stereocenters. The van der Waals surface area contributed by atoms with Crippen molar-refractivity contribution >= 4 is 15.9 Å². The van der Waals surface area contributed by atoms with Crippen molar-refractivity contribution in [2.75, 3.05) is 33.4 Å². The fourth-order valence-electron chi connectivity index (χ4n) is 4.16. The molecule has 2 aliphatic heterocycles. The molecule has 178 valence electrons.